The number of nitrogens with zero attached hydrogens (tertiary/aromatic N) is 3. The van der Waals surface area contributed by atoms with E-state index in [4.69, 9.17) is 5.73 Å². The van der Waals surface area contributed by atoms with Gasteiger partial charge < -0.3 is 11.1 Å². The average Bonchev–Trinajstić information content (AvgIpc) is 3.19. The predicted molar refractivity (Wildman–Crippen MR) is 87.3 cm³/mol. The Hall–Kier alpha value is -2.21. The van der Waals surface area contributed by atoms with E-state index in [-0.39, 0.29) is 11.9 Å². The molecule has 1 fully saturated rings. The molecule has 0 spiro atoms. The molecule has 1 aliphatic carbocycles. The lowest BCUT2D eigenvalue weighted by molar-refractivity contribution is -0.122. The van der Waals surface area contributed by atoms with Crippen molar-refractivity contribution < 1.29 is 4.79 Å². The second-order valence-electron chi connectivity index (χ2n) is 6.20. The molecule has 1 saturated carbocycles. The Kier molecular flexibility index (Phi) is 5.02. The smallest absolute Gasteiger partial charge is 0.220 e. The Bertz CT molecular complexity index is 640. The summed E-state index contributed by atoms with van der Waals surface area (Å²) < 4.78 is 1.78. The van der Waals surface area contributed by atoms with Crippen LogP contribution in [-0.4, -0.2) is 26.7 Å². The molecule has 0 unspecified atom stereocenters. The fourth-order valence-electron chi connectivity index (χ4n) is 3.20. The van der Waals surface area contributed by atoms with Gasteiger partial charge in [-0.1, -0.05) is 30.7 Å². The molecule has 2 atom stereocenters. The highest BCUT2D eigenvalue weighted by Crippen LogP contribution is 2.26. The predicted octanol–water partition coefficient (Wildman–Crippen LogP) is 1.46. The van der Waals surface area contributed by atoms with E-state index in [0.717, 1.165) is 30.4 Å². The molecule has 122 valence electrons. The molecule has 0 aliphatic heterocycles. The van der Waals surface area contributed by atoms with Crippen molar-refractivity contribution in [2.45, 2.75) is 44.8 Å². The van der Waals surface area contributed by atoms with Crippen molar-refractivity contribution in [2.75, 3.05) is 0 Å². The molecule has 23 heavy (non-hydrogen) atoms. The highest BCUT2D eigenvalue weighted by molar-refractivity contribution is 5.76. The second kappa shape index (κ2) is 7.37. The zero-order valence-corrected chi connectivity index (χ0v) is 13.2. The molecule has 2 aromatic rings. The number of nitrogens with one attached hydrogen (secondary N) is 1. The lowest BCUT2D eigenvalue weighted by Crippen LogP contribution is -2.31. The molecule has 1 heterocycles. The van der Waals surface area contributed by atoms with Gasteiger partial charge in [0.15, 0.2) is 0 Å². The summed E-state index contributed by atoms with van der Waals surface area (Å²) in [5, 5.41) is 7.16. The van der Waals surface area contributed by atoms with E-state index < -0.39 is 0 Å². The van der Waals surface area contributed by atoms with Crippen molar-refractivity contribution in [1.82, 2.24) is 20.1 Å². The first-order chi connectivity index (χ1) is 11.2. The number of nitrogens with two attached hydrogens (primary N) is 1. The first-order valence-electron chi connectivity index (χ1n) is 8.14. The minimum atomic E-state index is 0.0860. The quantitative estimate of drug-likeness (QED) is 0.845. The molecule has 6 nitrogen and oxygen atoms in total. The van der Waals surface area contributed by atoms with Gasteiger partial charge in [-0.05, 0) is 29.9 Å². The van der Waals surface area contributed by atoms with Crippen LogP contribution in [0.4, 0.5) is 0 Å². The van der Waals surface area contributed by atoms with Crippen LogP contribution in [0.2, 0.25) is 0 Å². The second-order valence-corrected chi connectivity index (χ2v) is 6.20. The lowest BCUT2D eigenvalue weighted by Gasteiger charge is -2.15. The minimum absolute atomic E-state index is 0.0860. The molecule has 1 amide bonds. The zero-order chi connectivity index (χ0) is 16.1. The highest BCUT2D eigenvalue weighted by atomic mass is 16.1. The van der Waals surface area contributed by atoms with Gasteiger partial charge in [0.05, 0.1) is 6.54 Å². The Morgan fingerprint density at radius 2 is 2.13 bits per heavy atom. The summed E-state index contributed by atoms with van der Waals surface area (Å²) in [5.41, 5.74) is 8.28. The van der Waals surface area contributed by atoms with Gasteiger partial charge in [0, 0.05) is 19.0 Å². The molecule has 1 aliphatic rings. The molecule has 6 heteroatoms. The van der Waals surface area contributed by atoms with Crippen LogP contribution in [0.1, 0.15) is 36.8 Å². The first kappa shape index (κ1) is 15.7. The van der Waals surface area contributed by atoms with Crippen molar-refractivity contribution in [3.05, 3.63) is 48.0 Å². The third-order valence-electron chi connectivity index (χ3n) is 4.56. The summed E-state index contributed by atoms with van der Waals surface area (Å²) in [6, 6.07) is 8.25. The van der Waals surface area contributed by atoms with Crippen LogP contribution >= 0.6 is 0 Å². The van der Waals surface area contributed by atoms with Crippen LogP contribution in [0.5, 0.6) is 0 Å². The van der Waals surface area contributed by atoms with Crippen molar-refractivity contribution in [3.8, 4) is 0 Å². The minimum Gasteiger partial charge on any atom is -0.352 e. The third-order valence-corrected chi connectivity index (χ3v) is 4.56. The highest BCUT2D eigenvalue weighted by Gasteiger charge is 2.25. The fraction of sp³-hybridized carbons (Fsp3) is 0.471. The van der Waals surface area contributed by atoms with E-state index in [1.165, 1.54) is 6.33 Å². The van der Waals surface area contributed by atoms with Crippen LogP contribution in [0.15, 0.2) is 36.9 Å². The maximum atomic E-state index is 12.2. The van der Waals surface area contributed by atoms with Crippen LogP contribution in [0.25, 0.3) is 0 Å². The van der Waals surface area contributed by atoms with E-state index in [0.29, 0.717) is 25.4 Å². The molecule has 0 saturated heterocycles. The van der Waals surface area contributed by atoms with Gasteiger partial charge in [-0.15, -0.1) is 0 Å². The van der Waals surface area contributed by atoms with Crippen LogP contribution in [-0.2, 0) is 17.9 Å². The molecule has 0 bridgehead atoms. The summed E-state index contributed by atoms with van der Waals surface area (Å²) in [6.07, 6.45) is 6.99. The van der Waals surface area contributed by atoms with Crippen LogP contribution in [0, 0.1) is 5.92 Å². The van der Waals surface area contributed by atoms with E-state index >= 15 is 0 Å². The molecule has 0 radical (unpaired) electrons. The van der Waals surface area contributed by atoms with Gasteiger partial charge >= 0.3 is 0 Å². The Labute approximate surface area is 136 Å². The van der Waals surface area contributed by atoms with Crippen molar-refractivity contribution >= 4 is 5.91 Å². The lowest BCUT2D eigenvalue weighted by atomic mass is 10.00. The van der Waals surface area contributed by atoms with Gasteiger partial charge in [-0.25, -0.2) is 9.67 Å². The Morgan fingerprint density at radius 3 is 2.83 bits per heavy atom. The zero-order valence-electron chi connectivity index (χ0n) is 13.2. The van der Waals surface area contributed by atoms with E-state index in [2.05, 4.69) is 21.5 Å². The first-order valence-corrected chi connectivity index (χ1v) is 8.14. The van der Waals surface area contributed by atoms with E-state index in [1.807, 2.05) is 18.2 Å². The molecule has 3 N–H and O–H groups in total. The van der Waals surface area contributed by atoms with Crippen molar-refractivity contribution in [2.24, 2.45) is 11.7 Å². The largest absolute Gasteiger partial charge is 0.352 e. The van der Waals surface area contributed by atoms with Crippen LogP contribution in [0.3, 0.4) is 0 Å². The average molecular weight is 313 g/mol. The summed E-state index contributed by atoms with van der Waals surface area (Å²) >= 11 is 0. The third kappa shape index (κ3) is 4.16. The number of benzene rings is 1. The summed E-state index contributed by atoms with van der Waals surface area (Å²) in [7, 11) is 0. The molecular weight excluding hydrogens is 290 g/mol. The summed E-state index contributed by atoms with van der Waals surface area (Å²) in [6.45, 7) is 1.19. The molecular formula is C17H23N5O. The Morgan fingerprint density at radius 1 is 1.30 bits per heavy atom. The van der Waals surface area contributed by atoms with Crippen molar-refractivity contribution in [1.29, 1.82) is 0 Å². The van der Waals surface area contributed by atoms with Gasteiger partial charge in [0.2, 0.25) is 5.91 Å². The summed E-state index contributed by atoms with van der Waals surface area (Å²) in [5.74, 6) is 0.420. The van der Waals surface area contributed by atoms with Gasteiger partial charge in [0.25, 0.3) is 0 Å². The molecule has 1 aromatic heterocycles. The molecule has 3 rings (SSSR count). The SMILES string of the molecule is N[C@@H]1CCC[C@H]1CC(=O)NCc1ccccc1Cn1cncn1. The summed E-state index contributed by atoms with van der Waals surface area (Å²) in [4.78, 5) is 16.1. The van der Waals surface area contributed by atoms with E-state index in [9.17, 15) is 4.79 Å². The number of aromatic nitrogens is 3. The topological polar surface area (TPSA) is 85.8 Å². The van der Waals surface area contributed by atoms with Crippen molar-refractivity contribution in [3.63, 3.8) is 0 Å². The maximum Gasteiger partial charge on any atom is 0.220 e. The standard InChI is InChI=1S/C17H23N5O/c18-16-7-3-6-13(16)8-17(23)20-9-14-4-1-2-5-15(14)10-22-12-19-11-21-22/h1-2,4-5,11-13,16H,3,6-10,18H2,(H,20,23)/t13-,16+/m0/s1. The number of carbonyl (C=O) groups excluding carboxylic acids is 1. The van der Waals surface area contributed by atoms with Gasteiger partial charge in [0.1, 0.15) is 12.7 Å². The van der Waals surface area contributed by atoms with Gasteiger partial charge in [-0.2, -0.15) is 5.10 Å². The Balaban J connectivity index is 1.56. The van der Waals surface area contributed by atoms with Crippen LogP contribution < -0.4 is 11.1 Å². The van der Waals surface area contributed by atoms with E-state index in [1.54, 1.807) is 11.0 Å². The monoisotopic (exact) mass is 313 g/mol. The normalized spacial score (nSPS) is 20.6. The number of hydrogen-bond donors (Lipinski definition) is 2. The maximum absolute atomic E-state index is 12.2. The number of rotatable bonds is 6. The van der Waals surface area contributed by atoms with Gasteiger partial charge in [-0.3, -0.25) is 4.79 Å². The molecule has 1 aromatic carbocycles. The number of amides is 1. The fourth-order valence-corrected chi connectivity index (χ4v) is 3.20. The number of hydrogen-bond acceptors (Lipinski definition) is 4. The number of carbonyl (C=O) groups is 1.